The van der Waals surface area contributed by atoms with Gasteiger partial charge in [-0.2, -0.15) is 0 Å². The summed E-state index contributed by atoms with van der Waals surface area (Å²) < 4.78 is 2.48. The number of imidazole rings is 1. The lowest BCUT2D eigenvalue weighted by molar-refractivity contribution is 0.469. The summed E-state index contributed by atoms with van der Waals surface area (Å²) in [6, 6.07) is 28.2. The average molecular weight is 411 g/mol. The Morgan fingerprint density at radius 2 is 1.25 bits per heavy atom. The van der Waals surface area contributed by atoms with Crippen LogP contribution in [0, 0.1) is 5.92 Å². The van der Waals surface area contributed by atoms with E-state index in [0.717, 1.165) is 11.3 Å². The van der Waals surface area contributed by atoms with Gasteiger partial charge in [0.1, 0.15) is 5.82 Å². The van der Waals surface area contributed by atoms with Gasteiger partial charge in [0.05, 0.1) is 17.1 Å². The molecular formula is C30H22N2. The Balaban J connectivity index is 1.70. The van der Waals surface area contributed by atoms with Gasteiger partial charge in [0.25, 0.3) is 0 Å². The number of rotatable bonds is 1. The highest BCUT2D eigenvalue weighted by molar-refractivity contribution is 6.23. The lowest BCUT2D eigenvalue weighted by Gasteiger charge is -2.38. The number of hydrogen-bond acceptors (Lipinski definition) is 1. The van der Waals surface area contributed by atoms with Gasteiger partial charge < -0.3 is 4.57 Å². The van der Waals surface area contributed by atoms with Crippen LogP contribution in [0.2, 0.25) is 0 Å². The molecule has 3 unspecified atom stereocenters. The molecule has 2 aliphatic rings. The molecule has 0 bridgehead atoms. The van der Waals surface area contributed by atoms with Gasteiger partial charge in [0.2, 0.25) is 0 Å². The minimum atomic E-state index is 0.0539. The van der Waals surface area contributed by atoms with Gasteiger partial charge in [-0.15, -0.1) is 0 Å². The van der Waals surface area contributed by atoms with Gasteiger partial charge in [-0.3, -0.25) is 0 Å². The third kappa shape index (κ3) is 2.27. The first-order valence-corrected chi connectivity index (χ1v) is 11.2. The molecule has 0 spiro atoms. The van der Waals surface area contributed by atoms with Gasteiger partial charge in [-0.1, -0.05) is 110 Å². The van der Waals surface area contributed by atoms with E-state index in [1.54, 1.807) is 0 Å². The molecule has 1 aliphatic carbocycles. The predicted molar refractivity (Wildman–Crippen MR) is 133 cm³/mol. The number of benzene rings is 4. The fourth-order valence-corrected chi connectivity index (χ4v) is 5.80. The molecular weight excluding hydrogens is 388 g/mol. The van der Waals surface area contributed by atoms with Crippen LogP contribution in [-0.2, 0) is 0 Å². The molecule has 152 valence electrons. The van der Waals surface area contributed by atoms with Crippen LogP contribution in [0.5, 0.6) is 0 Å². The monoisotopic (exact) mass is 410 g/mol. The Kier molecular flexibility index (Phi) is 3.63. The van der Waals surface area contributed by atoms with Crippen molar-refractivity contribution in [3.05, 3.63) is 127 Å². The lowest BCUT2D eigenvalue weighted by Crippen LogP contribution is -2.30. The first kappa shape index (κ1) is 17.7. The second-order valence-electron chi connectivity index (χ2n) is 8.84. The molecule has 0 amide bonds. The van der Waals surface area contributed by atoms with Crippen LogP contribution in [0.15, 0.2) is 115 Å². The van der Waals surface area contributed by atoms with E-state index in [1.165, 1.54) is 38.2 Å². The third-order valence-corrected chi connectivity index (χ3v) is 7.18. The largest absolute Gasteiger partial charge is 0.315 e. The van der Waals surface area contributed by atoms with E-state index in [1.807, 2.05) is 0 Å². The van der Waals surface area contributed by atoms with Crippen LogP contribution in [0.4, 0.5) is 0 Å². The Morgan fingerprint density at radius 3 is 2.00 bits per heavy atom. The Labute approximate surface area is 186 Å². The normalized spacial score (nSPS) is 21.9. The molecule has 0 radical (unpaired) electrons. The summed E-state index contributed by atoms with van der Waals surface area (Å²) in [6.45, 7) is 4.65. The van der Waals surface area contributed by atoms with E-state index in [4.69, 9.17) is 4.98 Å². The fourth-order valence-electron chi connectivity index (χ4n) is 5.80. The van der Waals surface area contributed by atoms with Gasteiger partial charge in [0.15, 0.2) is 0 Å². The van der Waals surface area contributed by atoms with Crippen molar-refractivity contribution >= 4 is 32.6 Å². The topological polar surface area (TPSA) is 17.8 Å². The molecule has 32 heavy (non-hydrogen) atoms. The first-order valence-electron chi connectivity index (χ1n) is 11.2. The third-order valence-electron chi connectivity index (χ3n) is 7.18. The summed E-state index contributed by atoms with van der Waals surface area (Å²) in [7, 11) is 0. The van der Waals surface area contributed by atoms with Crippen LogP contribution in [-0.4, -0.2) is 9.55 Å². The smallest absolute Gasteiger partial charge is 0.118 e. The standard InChI is InChI=1S/C30H22N2/c1-19-21-13-5-10-18-26(21)30-31-27-24-16-8-6-14-22(24)23-15-7-9-17-25(23)29(27)32(30)28(19)20-11-3-2-4-12-20/h2-18,21,26,28H,1H2. The van der Waals surface area contributed by atoms with Crippen molar-refractivity contribution in [1.29, 1.82) is 0 Å². The fraction of sp³-hybridized carbons (Fsp3) is 0.100. The molecule has 2 nitrogen and oxygen atoms in total. The molecule has 1 aliphatic heterocycles. The first-order chi connectivity index (χ1) is 15.8. The molecule has 2 heteroatoms. The van der Waals surface area contributed by atoms with E-state index < -0.39 is 0 Å². The molecule has 1 aromatic heterocycles. The van der Waals surface area contributed by atoms with Crippen molar-refractivity contribution < 1.29 is 0 Å². The Hall–Kier alpha value is -3.91. The number of nitrogens with zero attached hydrogens (tertiary/aromatic N) is 2. The van der Waals surface area contributed by atoms with Gasteiger partial charge in [0, 0.05) is 22.6 Å². The van der Waals surface area contributed by atoms with Crippen molar-refractivity contribution in [2.75, 3.05) is 0 Å². The highest BCUT2D eigenvalue weighted by Crippen LogP contribution is 2.49. The van der Waals surface area contributed by atoms with Crippen molar-refractivity contribution in [2.45, 2.75) is 12.0 Å². The maximum Gasteiger partial charge on any atom is 0.118 e. The van der Waals surface area contributed by atoms with Crippen LogP contribution in [0.1, 0.15) is 23.3 Å². The summed E-state index contributed by atoms with van der Waals surface area (Å²) in [6.07, 6.45) is 8.88. The lowest BCUT2D eigenvalue weighted by atomic mass is 9.75. The van der Waals surface area contributed by atoms with E-state index in [2.05, 4.69) is 114 Å². The Bertz CT molecular complexity index is 1600. The number of allylic oxidation sites excluding steroid dienone is 5. The zero-order valence-electron chi connectivity index (χ0n) is 17.6. The zero-order chi connectivity index (χ0) is 21.2. The second kappa shape index (κ2) is 6.54. The van der Waals surface area contributed by atoms with Crippen molar-refractivity contribution in [2.24, 2.45) is 5.92 Å². The van der Waals surface area contributed by atoms with Crippen LogP contribution >= 0.6 is 0 Å². The zero-order valence-corrected chi connectivity index (χ0v) is 17.6. The van der Waals surface area contributed by atoms with E-state index >= 15 is 0 Å². The molecule has 0 fully saturated rings. The van der Waals surface area contributed by atoms with Crippen molar-refractivity contribution in [3.63, 3.8) is 0 Å². The minimum Gasteiger partial charge on any atom is -0.315 e. The van der Waals surface area contributed by atoms with Gasteiger partial charge in [-0.05, 0) is 21.9 Å². The van der Waals surface area contributed by atoms with Gasteiger partial charge in [-0.25, -0.2) is 4.98 Å². The molecule has 0 saturated heterocycles. The van der Waals surface area contributed by atoms with E-state index in [9.17, 15) is 0 Å². The van der Waals surface area contributed by atoms with Crippen LogP contribution in [0.25, 0.3) is 32.6 Å². The Morgan fingerprint density at radius 1 is 0.656 bits per heavy atom. The molecule has 2 heterocycles. The molecule has 3 atom stereocenters. The maximum atomic E-state index is 5.36. The number of aromatic nitrogens is 2. The second-order valence-corrected chi connectivity index (χ2v) is 8.84. The number of hydrogen-bond donors (Lipinski definition) is 0. The predicted octanol–water partition coefficient (Wildman–Crippen LogP) is 7.33. The summed E-state index contributed by atoms with van der Waals surface area (Å²) in [4.78, 5) is 5.36. The summed E-state index contributed by atoms with van der Waals surface area (Å²) in [5.74, 6) is 1.60. The average Bonchev–Trinajstić information content (AvgIpc) is 3.26. The maximum absolute atomic E-state index is 5.36. The SMILES string of the molecule is C=C1C2C=CC=CC2c2nc3c4ccccc4c4ccccc4c3n2C1c1ccccc1. The molecule has 4 aromatic carbocycles. The highest BCUT2D eigenvalue weighted by Gasteiger charge is 2.39. The molecule has 7 rings (SSSR count). The van der Waals surface area contributed by atoms with Crippen LogP contribution in [0.3, 0.4) is 0 Å². The molecule has 0 N–H and O–H groups in total. The van der Waals surface area contributed by atoms with E-state index in [-0.39, 0.29) is 17.9 Å². The molecule has 0 saturated carbocycles. The highest BCUT2D eigenvalue weighted by atomic mass is 15.1. The summed E-state index contributed by atoms with van der Waals surface area (Å²) >= 11 is 0. The van der Waals surface area contributed by atoms with Gasteiger partial charge >= 0.3 is 0 Å². The van der Waals surface area contributed by atoms with E-state index in [0.29, 0.717) is 0 Å². The number of fused-ring (bicyclic) bond motifs is 10. The van der Waals surface area contributed by atoms with Crippen LogP contribution < -0.4 is 0 Å². The minimum absolute atomic E-state index is 0.0539. The summed E-state index contributed by atoms with van der Waals surface area (Å²) in [5, 5.41) is 5.00. The summed E-state index contributed by atoms with van der Waals surface area (Å²) in [5.41, 5.74) is 4.79. The quantitative estimate of drug-likeness (QED) is 0.209. The van der Waals surface area contributed by atoms with Crippen molar-refractivity contribution in [1.82, 2.24) is 9.55 Å². The van der Waals surface area contributed by atoms with Crippen molar-refractivity contribution in [3.8, 4) is 0 Å². The molecule has 5 aromatic rings.